The van der Waals surface area contributed by atoms with E-state index in [4.69, 9.17) is 9.73 Å². The maximum Gasteiger partial charge on any atom is 0.271 e. The number of hydrogen-bond donors (Lipinski definition) is 0. The van der Waals surface area contributed by atoms with Crippen LogP contribution in [0.5, 0.6) is 5.75 Å². The second kappa shape index (κ2) is 11.4. The Morgan fingerprint density at radius 1 is 1.09 bits per heavy atom. The van der Waals surface area contributed by atoms with Gasteiger partial charge in [-0.25, -0.2) is 4.99 Å². The molecule has 3 aromatic carbocycles. The number of benzene rings is 3. The van der Waals surface area contributed by atoms with E-state index in [1.807, 2.05) is 98.3 Å². The Labute approximate surface area is 252 Å². The Balaban J connectivity index is 1.66. The lowest BCUT2D eigenvalue weighted by atomic mass is 9.90. The molecule has 0 bridgehead atoms. The van der Waals surface area contributed by atoms with Crippen LogP contribution in [-0.4, -0.2) is 40.1 Å². The summed E-state index contributed by atoms with van der Waals surface area (Å²) in [7, 11) is 1.61. The first-order valence-corrected chi connectivity index (χ1v) is 15.1. The van der Waals surface area contributed by atoms with Crippen LogP contribution in [-0.2, 0) is 11.3 Å². The van der Waals surface area contributed by atoms with Crippen LogP contribution in [0.2, 0.25) is 0 Å². The quantitative estimate of drug-likeness (QED) is 0.274. The summed E-state index contributed by atoms with van der Waals surface area (Å²) in [5.74, 6) is 0.442. The summed E-state index contributed by atoms with van der Waals surface area (Å²) in [5.41, 5.74) is 3.31. The van der Waals surface area contributed by atoms with Crippen molar-refractivity contribution >= 4 is 45.0 Å². The molecule has 0 saturated heterocycles. The molecule has 216 valence electrons. The van der Waals surface area contributed by atoms with Crippen molar-refractivity contribution in [3.05, 3.63) is 109 Å². The molecule has 0 fully saturated rings. The Morgan fingerprint density at radius 3 is 2.53 bits per heavy atom. The van der Waals surface area contributed by atoms with Gasteiger partial charge in [0.25, 0.3) is 11.5 Å². The van der Waals surface area contributed by atoms with E-state index in [1.165, 1.54) is 11.3 Å². The molecule has 1 amide bonds. The minimum Gasteiger partial charge on any atom is -0.496 e. The fourth-order valence-electron chi connectivity index (χ4n) is 6.02. The molecule has 5 aromatic rings. The van der Waals surface area contributed by atoms with Crippen molar-refractivity contribution in [1.29, 1.82) is 5.26 Å². The van der Waals surface area contributed by atoms with Crippen LogP contribution in [0, 0.1) is 11.3 Å². The van der Waals surface area contributed by atoms with Crippen molar-refractivity contribution < 1.29 is 9.53 Å². The molecule has 0 saturated carbocycles. The van der Waals surface area contributed by atoms with E-state index in [9.17, 15) is 14.9 Å². The average Bonchev–Trinajstić information content (AvgIpc) is 3.52. The molecule has 43 heavy (non-hydrogen) atoms. The van der Waals surface area contributed by atoms with Crippen LogP contribution < -0.4 is 19.6 Å². The van der Waals surface area contributed by atoms with Crippen molar-refractivity contribution in [3.8, 4) is 11.8 Å². The average molecular weight is 590 g/mol. The number of aromatic nitrogens is 2. The number of allylic oxidation sites excluding steroid dienone is 1. The molecule has 0 unspecified atom stereocenters. The van der Waals surface area contributed by atoms with E-state index in [2.05, 4.69) is 6.07 Å². The lowest BCUT2D eigenvalue weighted by Crippen LogP contribution is -2.43. The van der Waals surface area contributed by atoms with Gasteiger partial charge in [0.15, 0.2) is 4.80 Å². The number of ether oxygens (including phenoxy) is 1. The maximum absolute atomic E-state index is 14.4. The van der Waals surface area contributed by atoms with Gasteiger partial charge < -0.3 is 14.2 Å². The zero-order chi connectivity index (χ0) is 30.2. The molecule has 3 heterocycles. The Bertz CT molecular complexity index is 2160. The summed E-state index contributed by atoms with van der Waals surface area (Å²) in [6.45, 7) is 7.00. The number of carbonyl (C=O) groups is 1. The number of carbonyl (C=O) groups excluding carboxylic acids is 1. The van der Waals surface area contributed by atoms with E-state index < -0.39 is 6.04 Å². The van der Waals surface area contributed by atoms with Gasteiger partial charge in [-0.3, -0.25) is 14.2 Å². The fraction of sp³-hybridized carbons (Fsp3) is 0.235. The molecular formula is C34H31N5O3S. The second-order valence-corrected chi connectivity index (χ2v) is 11.4. The highest BCUT2D eigenvalue weighted by Gasteiger charge is 2.36. The molecule has 0 aliphatic carbocycles. The second-order valence-electron chi connectivity index (χ2n) is 10.3. The number of thiazole rings is 1. The third kappa shape index (κ3) is 4.64. The zero-order valence-electron chi connectivity index (χ0n) is 24.5. The first kappa shape index (κ1) is 28.2. The Hall–Kier alpha value is -4.94. The van der Waals surface area contributed by atoms with Gasteiger partial charge in [0.2, 0.25) is 0 Å². The number of amides is 1. The number of rotatable bonds is 7. The summed E-state index contributed by atoms with van der Waals surface area (Å²) < 4.78 is 9.91. The van der Waals surface area contributed by atoms with E-state index in [-0.39, 0.29) is 18.0 Å². The third-order valence-electron chi connectivity index (χ3n) is 8.07. The molecule has 8 nitrogen and oxygen atoms in total. The molecule has 1 atom stereocenters. The van der Waals surface area contributed by atoms with E-state index in [0.717, 1.165) is 32.8 Å². The molecular weight excluding hydrogens is 558 g/mol. The van der Waals surface area contributed by atoms with Crippen LogP contribution in [0.4, 0.5) is 0 Å². The number of para-hydroxylation sites is 1. The van der Waals surface area contributed by atoms with Crippen LogP contribution in [0.25, 0.3) is 27.8 Å². The highest BCUT2D eigenvalue weighted by atomic mass is 32.1. The maximum atomic E-state index is 14.4. The molecule has 0 N–H and O–H groups in total. The standard InChI is InChI=1S/C34H31N5O3S/c1-5-37(6-2)33(41)29-21(3)36-34-39(31(29)30-25-13-8-7-11-22(25)15-16-27(30)42-4)32(40)28(43-34)19-23-20-38(18-17-35)26-14-10-9-12-24(23)26/h7-16,19-20,31H,5-6,18H2,1-4H3/b28-19+/t31-/m1/s1. The van der Waals surface area contributed by atoms with Gasteiger partial charge in [0.1, 0.15) is 18.3 Å². The highest BCUT2D eigenvalue weighted by Crippen LogP contribution is 2.40. The van der Waals surface area contributed by atoms with Gasteiger partial charge in [-0.1, -0.05) is 59.9 Å². The minimum absolute atomic E-state index is 0.153. The Morgan fingerprint density at radius 2 is 1.81 bits per heavy atom. The number of methoxy groups -OCH3 is 1. The summed E-state index contributed by atoms with van der Waals surface area (Å²) in [4.78, 5) is 35.7. The van der Waals surface area contributed by atoms with Crippen LogP contribution in [0.15, 0.2) is 87.9 Å². The highest BCUT2D eigenvalue weighted by molar-refractivity contribution is 7.07. The fourth-order valence-corrected chi connectivity index (χ4v) is 7.06. The summed E-state index contributed by atoms with van der Waals surface area (Å²) in [6, 6.07) is 21.1. The van der Waals surface area contributed by atoms with Crippen molar-refractivity contribution in [2.75, 3.05) is 20.2 Å². The number of nitriles is 1. The summed E-state index contributed by atoms with van der Waals surface area (Å²) in [5, 5.41) is 12.2. The molecule has 2 aromatic heterocycles. The molecule has 6 rings (SSSR count). The first-order chi connectivity index (χ1) is 20.9. The van der Waals surface area contributed by atoms with Gasteiger partial charge in [-0.15, -0.1) is 0 Å². The summed E-state index contributed by atoms with van der Waals surface area (Å²) >= 11 is 1.30. The lowest BCUT2D eigenvalue weighted by Gasteiger charge is -2.30. The summed E-state index contributed by atoms with van der Waals surface area (Å²) in [6.07, 6.45) is 3.76. The van der Waals surface area contributed by atoms with E-state index >= 15 is 0 Å². The predicted octanol–water partition coefficient (Wildman–Crippen LogP) is 4.74. The number of nitrogens with zero attached hydrogens (tertiary/aromatic N) is 5. The smallest absolute Gasteiger partial charge is 0.271 e. The van der Waals surface area contributed by atoms with E-state index in [0.29, 0.717) is 39.4 Å². The topological polar surface area (TPSA) is 92.6 Å². The largest absolute Gasteiger partial charge is 0.496 e. The predicted molar refractivity (Wildman–Crippen MR) is 170 cm³/mol. The first-order valence-electron chi connectivity index (χ1n) is 14.2. The van der Waals surface area contributed by atoms with Gasteiger partial charge in [0.05, 0.1) is 29.0 Å². The normalized spacial score (nSPS) is 15.0. The zero-order valence-corrected chi connectivity index (χ0v) is 25.3. The van der Waals surface area contributed by atoms with Crippen molar-refractivity contribution in [1.82, 2.24) is 14.0 Å². The monoisotopic (exact) mass is 589 g/mol. The van der Waals surface area contributed by atoms with Gasteiger partial charge in [0, 0.05) is 41.3 Å². The molecule has 1 aliphatic rings. The van der Waals surface area contributed by atoms with E-state index in [1.54, 1.807) is 16.6 Å². The number of hydrogen-bond acceptors (Lipinski definition) is 6. The third-order valence-corrected chi connectivity index (χ3v) is 9.06. The SMILES string of the molecule is CCN(CC)C(=O)C1=C(C)N=c2s/c(=C/c3cn(CC#N)c4ccccc34)c(=O)n2[C@H]1c1c(OC)ccc2ccccc12. The molecule has 0 spiro atoms. The van der Waals surface area contributed by atoms with Crippen molar-refractivity contribution in [2.45, 2.75) is 33.4 Å². The Kier molecular flexibility index (Phi) is 7.46. The lowest BCUT2D eigenvalue weighted by molar-refractivity contribution is -0.127. The van der Waals surface area contributed by atoms with Crippen molar-refractivity contribution in [2.24, 2.45) is 4.99 Å². The molecule has 0 radical (unpaired) electrons. The van der Waals surface area contributed by atoms with Crippen molar-refractivity contribution in [3.63, 3.8) is 0 Å². The minimum atomic E-state index is -0.743. The van der Waals surface area contributed by atoms with Crippen LogP contribution >= 0.6 is 11.3 Å². The van der Waals surface area contributed by atoms with Crippen LogP contribution in [0.1, 0.15) is 37.9 Å². The van der Waals surface area contributed by atoms with Gasteiger partial charge >= 0.3 is 0 Å². The molecule has 1 aliphatic heterocycles. The number of likely N-dealkylation sites (N-methyl/N-ethyl adjacent to an activating group) is 1. The number of fused-ring (bicyclic) bond motifs is 3. The van der Waals surface area contributed by atoms with Gasteiger partial charge in [-0.2, -0.15) is 5.26 Å². The van der Waals surface area contributed by atoms with Gasteiger partial charge in [-0.05, 0) is 49.8 Å². The molecule has 9 heteroatoms. The van der Waals surface area contributed by atoms with Crippen LogP contribution in [0.3, 0.4) is 0 Å².